The van der Waals surface area contributed by atoms with Gasteiger partial charge in [-0.2, -0.15) is 0 Å². The van der Waals surface area contributed by atoms with Crippen LogP contribution in [0.2, 0.25) is 0 Å². The van der Waals surface area contributed by atoms with E-state index in [1.165, 1.54) is 13.0 Å². The van der Waals surface area contributed by atoms with Gasteiger partial charge in [0, 0.05) is 12.6 Å². The highest BCUT2D eigenvalue weighted by Crippen LogP contribution is 2.01. The lowest BCUT2D eigenvalue weighted by Gasteiger charge is -2.03. The Bertz CT molecular complexity index is 92.1. The van der Waals surface area contributed by atoms with Crippen LogP contribution in [0.3, 0.4) is 0 Å². The van der Waals surface area contributed by atoms with Gasteiger partial charge in [-0.05, 0) is 20.0 Å². The molecule has 0 aromatic heterocycles. The van der Waals surface area contributed by atoms with Crippen LogP contribution in [0.1, 0.15) is 34.1 Å². The first-order valence-electron chi connectivity index (χ1n) is 5.22. The summed E-state index contributed by atoms with van der Waals surface area (Å²) < 4.78 is 0. The molecule has 1 heterocycles. The van der Waals surface area contributed by atoms with E-state index in [2.05, 4.69) is 11.9 Å². The number of likely N-dealkylation sites (N-methyl/N-ethyl adjacent to an activating group) is 1. The van der Waals surface area contributed by atoms with Crippen molar-refractivity contribution in [3.8, 4) is 0 Å². The van der Waals surface area contributed by atoms with Crippen LogP contribution in [-0.2, 0) is 4.79 Å². The zero-order chi connectivity index (χ0) is 12.0. The zero-order valence-electron chi connectivity index (χ0n) is 10.2. The van der Waals surface area contributed by atoms with Crippen LogP contribution in [0.15, 0.2) is 0 Å². The first kappa shape index (κ1) is 19.0. The zero-order valence-corrected chi connectivity index (χ0v) is 10.2. The maximum Gasteiger partial charge on any atom is 0.290 e. The van der Waals surface area contributed by atoms with E-state index in [1.807, 2.05) is 27.7 Å². The Hall–Kier alpha value is -0.610. The lowest BCUT2D eigenvalue weighted by atomic mass is 10.3. The van der Waals surface area contributed by atoms with Gasteiger partial charge in [0.05, 0.1) is 0 Å². The van der Waals surface area contributed by atoms with Crippen molar-refractivity contribution in [1.29, 1.82) is 0 Å². The Morgan fingerprint density at radius 3 is 1.79 bits per heavy atom. The van der Waals surface area contributed by atoms with Crippen LogP contribution in [0.4, 0.5) is 0 Å². The minimum atomic E-state index is -0.250. The third-order valence-electron chi connectivity index (χ3n) is 1.43. The summed E-state index contributed by atoms with van der Waals surface area (Å²) in [6, 6.07) is 0.449. The molecule has 88 valence electrons. The van der Waals surface area contributed by atoms with Gasteiger partial charge in [0.1, 0.15) is 0 Å². The topological polar surface area (TPSA) is 66.6 Å². The molecule has 0 aromatic rings. The van der Waals surface area contributed by atoms with E-state index >= 15 is 0 Å². The number of nitrogens with zero attached hydrogens (tertiary/aromatic N) is 1. The number of carboxylic acid groups (broad SMARTS) is 1. The Labute approximate surface area is 88.1 Å². The molecule has 0 spiro atoms. The molecule has 4 nitrogen and oxygen atoms in total. The van der Waals surface area contributed by atoms with Crippen molar-refractivity contribution >= 4 is 6.47 Å². The fourth-order valence-corrected chi connectivity index (χ4v) is 0.969. The Balaban J connectivity index is -0.000000148. The number of hydrogen-bond acceptors (Lipinski definition) is 3. The number of nitrogens with two attached hydrogens (primary N) is 1. The summed E-state index contributed by atoms with van der Waals surface area (Å²) in [6.45, 7) is 10.0. The van der Waals surface area contributed by atoms with Crippen molar-refractivity contribution in [1.82, 2.24) is 4.90 Å². The quantitative estimate of drug-likeness (QED) is 0.588. The average Bonchev–Trinajstić information content (AvgIpc) is 2.58. The van der Waals surface area contributed by atoms with Gasteiger partial charge in [-0.15, -0.1) is 0 Å². The van der Waals surface area contributed by atoms with Crippen LogP contribution in [-0.4, -0.2) is 42.7 Å². The van der Waals surface area contributed by atoms with E-state index < -0.39 is 0 Å². The monoisotopic (exact) mass is 206 g/mol. The minimum absolute atomic E-state index is 0.250. The van der Waals surface area contributed by atoms with E-state index in [9.17, 15) is 0 Å². The van der Waals surface area contributed by atoms with Crippen molar-refractivity contribution in [2.24, 2.45) is 5.73 Å². The predicted molar refractivity (Wildman–Crippen MR) is 61.5 cm³/mol. The van der Waals surface area contributed by atoms with Gasteiger partial charge in [-0.3, -0.25) is 4.79 Å². The predicted octanol–water partition coefficient (Wildman–Crippen LogP) is 1.40. The molecule has 0 bridgehead atoms. The Kier molecular flexibility index (Phi) is 24.8. The third-order valence-corrected chi connectivity index (χ3v) is 1.43. The van der Waals surface area contributed by atoms with Crippen molar-refractivity contribution in [2.75, 3.05) is 20.1 Å². The molecule has 14 heavy (non-hydrogen) atoms. The molecule has 0 radical (unpaired) electrons. The van der Waals surface area contributed by atoms with Gasteiger partial charge in [0.2, 0.25) is 0 Å². The summed E-state index contributed by atoms with van der Waals surface area (Å²) in [5, 5.41) is 6.89. The van der Waals surface area contributed by atoms with Gasteiger partial charge in [-0.1, -0.05) is 27.7 Å². The lowest BCUT2D eigenvalue weighted by Crippen LogP contribution is -2.23. The normalized spacial score (nSPS) is 18.9. The summed E-state index contributed by atoms with van der Waals surface area (Å²) in [5.74, 6) is 0. The summed E-state index contributed by atoms with van der Waals surface area (Å²) in [4.78, 5) is 10.6. The second-order valence-electron chi connectivity index (χ2n) is 2.42. The molecule has 1 rings (SSSR count). The first-order valence-corrected chi connectivity index (χ1v) is 5.22. The van der Waals surface area contributed by atoms with Gasteiger partial charge in [-0.25, -0.2) is 0 Å². The molecule has 1 aliphatic heterocycles. The molecule has 4 heteroatoms. The van der Waals surface area contributed by atoms with Crippen LogP contribution in [0.5, 0.6) is 0 Å². The fourth-order valence-electron chi connectivity index (χ4n) is 0.969. The highest BCUT2D eigenvalue weighted by atomic mass is 16.3. The van der Waals surface area contributed by atoms with Crippen LogP contribution < -0.4 is 5.73 Å². The number of carbonyl (C=O) groups is 1. The molecule has 3 N–H and O–H groups in total. The molecule has 1 fully saturated rings. The van der Waals surface area contributed by atoms with Gasteiger partial charge < -0.3 is 15.7 Å². The Morgan fingerprint density at radius 2 is 1.71 bits per heavy atom. The van der Waals surface area contributed by atoms with Gasteiger partial charge >= 0.3 is 0 Å². The molecule has 0 aromatic carbocycles. The SMILES string of the molecule is CC.CC.CN1CCC(N)C1.O=CO. The minimum Gasteiger partial charge on any atom is -0.483 e. The molecule has 1 saturated heterocycles. The summed E-state index contributed by atoms with van der Waals surface area (Å²) in [7, 11) is 2.10. The second kappa shape index (κ2) is 18.2. The van der Waals surface area contributed by atoms with Crippen molar-refractivity contribution < 1.29 is 9.90 Å². The third kappa shape index (κ3) is 17.5. The van der Waals surface area contributed by atoms with Gasteiger partial charge in [0.15, 0.2) is 0 Å². The van der Waals surface area contributed by atoms with E-state index in [4.69, 9.17) is 15.6 Å². The summed E-state index contributed by atoms with van der Waals surface area (Å²) in [5.41, 5.74) is 5.58. The molecular weight excluding hydrogens is 180 g/mol. The summed E-state index contributed by atoms with van der Waals surface area (Å²) >= 11 is 0. The molecule has 0 aliphatic carbocycles. The van der Waals surface area contributed by atoms with Crippen molar-refractivity contribution in [2.45, 2.75) is 40.2 Å². The van der Waals surface area contributed by atoms with Crippen molar-refractivity contribution in [3.05, 3.63) is 0 Å². The maximum absolute atomic E-state index is 8.36. The molecule has 1 unspecified atom stereocenters. The first-order chi connectivity index (χ1) is 6.70. The highest BCUT2D eigenvalue weighted by Gasteiger charge is 2.13. The standard InChI is InChI=1S/C5H12N2.2C2H6.CH2O2/c1-7-3-2-5(6)4-7;2*1-2;2-1-3/h5H,2-4,6H2,1H3;2*1-2H3;1H,(H,2,3). The van der Waals surface area contributed by atoms with Gasteiger partial charge in [0.25, 0.3) is 6.47 Å². The van der Waals surface area contributed by atoms with Crippen LogP contribution in [0.25, 0.3) is 0 Å². The number of rotatable bonds is 0. The molecule has 0 saturated carbocycles. The molecule has 1 atom stereocenters. The fraction of sp³-hybridized carbons (Fsp3) is 0.900. The van der Waals surface area contributed by atoms with E-state index in [1.54, 1.807) is 0 Å². The smallest absolute Gasteiger partial charge is 0.290 e. The number of hydrogen-bond donors (Lipinski definition) is 2. The second-order valence-corrected chi connectivity index (χ2v) is 2.42. The molecule has 0 amide bonds. The molecular formula is C10H26N2O2. The average molecular weight is 206 g/mol. The lowest BCUT2D eigenvalue weighted by molar-refractivity contribution is -0.122. The highest BCUT2D eigenvalue weighted by molar-refractivity contribution is 5.32. The maximum atomic E-state index is 8.36. The van der Waals surface area contributed by atoms with E-state index in [-0.39, 0.29) is 6.47 Å². The van der Waals surface area contributed by atoms with E-state index in [0.717, 1.165) is 6.54 Å². The molecule has 1 aliphatic rings. The number of likely N-dealkylation sites (tertiary alicyclic amines) is 1. The van der Waals surface area contributed by atoms with Crippen molar-refractivity contribution in [3.63, 3.8) is 0 Å². The van der Waals surface area contributed by atoms with Crippen LogP contribution in [0, 0.1) is 0 Å². The van der Waals surface area contributed by atoms with E-state index in [0.29, 0.717) is 6.04 Å². The largest absolute Gasteiger partial charge is 0.483 e. The Morgan fingerprint density at radius 1 is 1.36 bits per heavy atom. The summed E-state index contributed by atoms with van der Waals surface area (Å²) in [6.07, 6.45) is 1.18. The van der Waals surface area contributed by atoms with Crippen LogP contribution >= 0.6 is 0 Å².